The Kier molecular flexibility index (Phi) is 6.14. The molecule has 2 heterocycles. The Morgan fingerprint density at radius 3 is 2.67 bits per heavy atom. The first-order chi connectivity index (χ1) is 12.9. The summed E-state index contributed by atoms with van der Waals surface area (Å²) in [6, 6.07) is 6.84. The van der Waals surface area contributed by atoms with Crippen molar-refractivity contribution >= 4 is 6.03 Å². The quantitative estimate of drug-likeness (QED) is 0.875. The highest BCUT2D eigenvalue weighted by Gasteiger charge is 2.23. The van der Waals surface area contributed by atoms with E-state index in [4.69, 9.17) is 0 Å². The third-order valence-corrected chi connectivity index (χ3v) is 5.63. The van der Waals surface area contributed by atoms with Gasteiger partial charge in [0.2, 0.25) is 0 Å². The van der Waals surface area contributed by atoms with E-state index in [2.05, 4.69) is 17.3 Å². The number of hydrogen-bond donors (Lipinski definition) is 1. The molecule has 3 rings (SSSR count). The second kappa shape index (κ2) is 8.55. The number of nitrogens with zero attached hydrogens (tertiary/aromatic N) is 3. The SMILES string of the molecule is Cc1nn(C)c(C)c1CCNC(=O)N1CCC(Cc2cccc(F)c2)CC1. The Bertz CT molecular complexity index is 793. The van der Waals surface area contributed by atoms with Gasteiger partial charge >= 0.3 is 6.03 Å². The van der Waals surface area contributed by atoms with Crippen LogP contribution in [-0.4, -0.2) is 40.3 Å². The summed E-state index contributed by atoms with van der Waals surface area (Å²) in [7, 11) is 1.94. The van der Waals surface area contributed by atoms with Crippen molar-refractivity contribution in [3.05, 3.63) is 52.6 Å². The number of aryl methyl sites for hydroxylation is 2. The number of halogens is 1. The van der Waals surface area contributed by atoms with Crippen LogP contribution >= 0.6 is 0 Å². The molecular weight excluding hydrogens is 343 g/mol. The van der Waals surface area contributed by atoms with Gasteiger partial charge in [-0.15, -0.1) is 0 Å². The summed E-state index contributed by atoms with van der Waals surface area (Å²) in [6.07, 6.45) is 3.61. The fourth-order valence-corrected chi connectivity index (χ4v) is 3.92. The Morgan fingerprint density at radius 1 is 1.30 bits per heavy atom. The minimum absolute atomic E-state index is 0.0124. The molecule has 146 valence electrons. The molecule has 1 aromatic carbocycles. The number of benzene rings is 1. The highest BCUT2D eigenvalue weighted by molar-refractivity contribution is 5.74. The third-order valence-electron chi connectivity index (χ3n) is 5.63. The third kappa shape index (κ3) is 4.87. The first-order valence-electron chi connectivity index (χ1n) is 9.70. The van der Waals surface area contributed by atoms with Gasteiger partial charge in [-0.1, -0.05) is 12.1 Å². The van der Waals surface area contributed by atoms with E-state index in [1.807, 2.05) is 29.6 Å². The first kappa shape index (κ1) is 19.4. The molecule has 0 aliphatic carbocycles. The standard InChI is InChI=1S/C21H29FN4O/c1-15-20(16(2)25(3)24-15)7-10-23-21(27)26-11-8-17(9-12-26)13-18-5-4-6-19(22)14-18/h4-6,14,17H,7-13H2,1-3H3,(H,23,27). The minimum atomic E-state index is -0.177. The molecular formula is C21H29FN4O. The van der Waals surface area contributed by atoms with E-state index in [-0.39, 0.29) is 11.8 Å². The van der Waals surface area contributed by atoms with Crippen LogP contribution in [0.2, 0.25) is 0 Å². The Labute approximate surface area is 160 Å². The Balaban J connectivity index is 1.42. The van der Waals surface area contributed by atoms with Crippen molar-refractivity contribution in [1.29, 1.82) is 0 Å². The number of rotatable bonds is 5. The molecule has 0 spiro atoms. The average Bonchev–Trinajstić information content (AvgIpc) is 2.88. The van der Waals surface area contributed by atoms with Gasteiger partial charge in [-0.25, -0.2) is 9.18 Å². The molecule has 0 atom stereocenters. The van der Waals surface area contributed by atoms with Crippen LogP contribution in [0.1, 0.15) is 35.4 Å². The molecule has 1 aromatic heterocycles. The molecule has 5 nitrogen and oxygen atoms in total. The van der Waals surface area contributed by atoms with E-state index in [0.29, 0.717) is 12.5 Å². The van der Waals surface area contributed by atoms with Crippen molar-refractivity contribution in [2.24, 2.45) is 13.0 Å². The number of likely N-dealkylation sites (tertiary alicyclic amines) is 1. The lowest BCUT2D eigenvalue weighted by Crippen LogP contribution is -2.45. The fourth-order valence-electron chi connectivity index (χ4n) is 3.92. The van der Waals surface area contributed by atoms with Crippen molar-refractivity contribution in [2.75, 3.05) is 19.6 Å². The molecule has 0 saturated carbocycles. The van der Waals surface area contributed by atoms with Crippen molar-refractivity contribution in [2.45, 2.75) is 39.5 Å². The van der Waals surface area contributed by atoms with Crippen LogP contribution in [0.4, 0.5) is 9.18 Å². The first-order valence-corrected chi connectivity index (χ1v) is 9.70. The lowest BCUT2D eigenvalue weighted by Gasteiger charge is -2.32. The second-order valence-corrected chi connectivity index (χ2v) is 7.52. The summed E-state index contributed by atoms with van der Waals surface area (Å²) in [5.41, 5.74) is 4.44. The maximum atomic E-state index is 13.3. The number of hydrogen-bond acceptors (Lipinski definition) is 2. The van der Waals surface area contributed by atoms with Crippen LogP contribution in [-0.2, 0) is 19.9 Å². The monoisotopic (exact) mass is 372 g/mol. The zero-order valence-electron chi connectivity index (χ0n) is 16.5. The predicted molar refractivity (Wildman–Crippen MR) is 104 cm³/mol. The van der Waals surface area contributed by atoms with Gasteiger partial charge in [-0.3, -0.25) is 4.68 Å². The number of carbonyl (C=O) groups excluding carboxylic acids is 1. The zero-order valence-corrected chi connectivity index (χ0v) is 16.5. The van der Waals surface area contributed by atoms with Crippen LogP contribution in [0.25, 0.3) is 0 Å². The normalized spacial score (nSPS) is 15.2. The highest BCUT2D eigenvalue weighted by Crippen LogP contribution is 2.22. The van der Waals surface area contributed by atoms with Crippen molar-refractivity contribution in [1.82, 2.24) is 20.0 Å². The van der Waals surface area contributed by atoms with Gasteiger partial charge in [-0.05, 0) is 68.7 Å². The summed E-state index contributed by atoms with van der Waals surface area (Å²) < 4.78 is 15.2. The Morgan fingerprint density at radius 2 is 2.04 bits per heavy atom. The number of carbonyl (C=O) groups is 1. The average molecular weight is 372 g/mol. The van der Waals surface area contributed by atoms with Crippen LogP contribution in [0.5, 0.6) is 0 Å². The lowest BCUT2D eigenvalue weighted by molar-refractivity contribution is 0.170. The van der Waals surface area contributed by atoms with E-state index in [1.54, 1.807) is 12.1 Å². The molecule has 0 unspecified atom stereocenters. The van der Waals surface area contributed by atoms with Crippen molar-refractivity contribution < 1.29 is 9.18 Å². The molecule has 27 heavy (non-hydrogen) atoms. The summed E-state index contributed by atoms with van der Waals surface area (Å²) in [6.45, 7) is 6.21. The van der Waals surface area contributed by atoms with E-state index < -0.39 is 0 Å². The van der Waals surface area contributed by atoms with Crippen LogP contribution in [0.15, 0.2) is 24.3 Å². The second-order valence-electron chi connectivity index (χ2n) is 7.52. The van der Waals surface area contributed by atoms with Crippen LogP contribution in [0.3, 0.4) is 0 Å². The molecule has 2 amide bonds. The maximum absolute atomic E-state index is 13.3. The Hall–Kier alpha value is -2.37. The smallest absolute Gasteiger partial charge is 0.317 e. The highest BCUT2D eigenvalue weighted by atomic mass is 19.1. The lowest BCUT2D eigenvalue weighted by atomic mass is 9.90. The van der Waals surface area contributed by atoms with Crippen molar-refractivity contribution in [3.8, 4) is 0 Å². The van der Waals surface area contributed by atoms with Gasteiger partial charge in [-0.2, -0.15) is 5.10 Å². The van der Waals surface area contributed by atoms with Gasteiger partial charge in [0, 0.05) is 32.4 Å². The number of nitrogens with one attached hydrogen (secondary N) is 1. The fraction of sp³-hybridized carbons (Fsp3) is 0.524. The zero-order chi connectivity index (χ0) is 19.4. The van der Waals surface area contributed by atoms with Gasteiger partial charge in [0.15, 0.2) is 0 Å². The van der Waals surface area contributed by atoms with E-state index in [9.17, 15) is 9.18 Å². The summed E-state index contributed by atoms with van der Waals surface area (Å²) in [4.78, 5) is 14.3. The molecule has 2 aromatic rings. The number of piperidine rings is 1. The summed E-state index contributed by atoms with van der Waals surface area (Å²) in [5, 5.41) is 7.45. The number of aromatic nitrogens is 2. The predicted octanol–water partition coefficient (Wildman–Crippen LogP) is 3.38. The maximum Gasteiger partial charge on any atom is 0.317 e. The van der Waals surface area contributed by atoms with Crippen molar-refractivity contribution in [3.63, 3.8) is 0 Å². The topological polar surface area (TPSA) is 50.2 Å². The van der Waals surface area contributed by atoms with Gasteiger partial charge in [0.1, 0.15) is 5.82 Å². The van der Waals surface area contributed by atoms with E-state index >= 15 is 0 Å². The largest absolute Gasteiger partial charge is 0.338 e. The summed E-state index contributed by atoms with van der Waals surface area (Å²) in [5.74, 6) is 0.333. The molecule has 0 bridgehead atoms. The molecule has 1 aliphatic heterocycles. The van der Waals surface area contributed by atoms with Gasteiger partial charge in [0.25, 0.3) is 0 Å². The molecule has 1 fully saturated rings. The number of amides is 2. The van der Waals surface area contributed by atoms with Gasteiger partial charge in [0.05, 0.1) is 5.69 Å². The van der Waals surface area contributed by atoms with Crippen LogP contribution in [0, 0.1) is 25.6 Å². The minimum Gasteiger partial charge on any atom is -0.338 e. The molecule has 1 saturated heterocycles. The van der Waals surface area contributed by atoms with Crippen LogP contribution < -0.4 is 5.32 Å². The molecule has 1 N–H and O–H groups in total. The molecule has 1 aliphatic rings. The van der Waals surface area contributed by atoms with Gasteiger partial charge < -0.3 is 10.2 Å². The number of urea groups is 1. The van der Waals surface area contributed by atoms with E-state index in [0.717, 1.165) is 55.7 Å². The van der Waals surface area contributed by atoms with E-state index in [1.165, 1.54) is 11.6 Å². The molecule has 6 heteroatoms. The summed E-state index contributed by atoms with van der Waals surface area (Å²) >= 11 is 0. The molecule has 0 radical (unpaired) electrons.